The zero-order chi connectivity index (χ0) is 9.97. The largest absolute Gasteiger partial charge is 0.368 e. The summed E-state index contributed by atoms with van der Waals surface area (Å²) in [6.45, 7) is 0. The predicted octanol–water partition coefficient (Wildman–Crippen LogP) is 0.497. The highest BCUT2D eigenvalue weighted by molar-refractivity contribution is 6.02. The molecule has 7 heteroatoms. The van der Waals surface area contributed by atoms with Gasteiger partial charge in [-0.25, -0.2) is 0 Å². The number of nitrogens with one attached hydrogen (secondary N) is 1. The molecule has 0 atom stereocenters. The molecule has 0 aromatic carbocycles. The summed E-state index contributed by atoms with van der Waals surface area (Å²) in [6.07, 6.45) is 1.34. The van der Waals surface area contributed by atoms with Gasteiger partial charge in [0.1, 0.15) is 6.26 Å². The first-order chi connectivity index (χ1) is 6.75. The van der Waals surface area contributed by atoms with Crippen LogP contribution in [0.25, 0.3) is 0 Å². The standard InChI is InChI=1S/C7H6N4O3/c8-5-3-4(10-14-5)7(12)9-6-1-2-13-11-6/h1-3H,8H2,(H,9,11,12). The van der Waals surface area contributed by atoms with Crippen LogP contribution in [0.5, 0.6) is 0 Å². The third-order valence-corrected chi connectivity index (χ3v) is 1.44. The zero-order valence-electron chi connectivity index (χ0n) is 6.93. The van der Waals surface area contributed by atoms with Crippen molar-refractivity contribution in [3.8, 4) is 0 Å². The molecule has 0 spiro atoms. The molecular weight excluding hydrogens is 188 g/mol. The Balaban J connectivity index is 2.10. The van der Waals surface area contributed by atoms with Gasteiger partial charge in [0, 0.05) is 12.1 Å². The van der Waals surface area contributed by atoms with Gasteiger partial charge in [0.2, 0.25) is 5.88 Å². The minimum atomic E-state index is -0.459. The van der Waals surface area contributed by atoms with E-state index in [0.29, 0.717) is 5.82 Å². The average Bonchev–Trinajstić information content (AvgIpc) is 2.75. The van der Waals surface area contributed by atoms with Gasteiger partial charge < -0.3 is 20.1 Å². The molecule has 3 N–H and O–H groups in total. The monoisotopic (exact) mass is 194 g/mol. The Hall–Kier alpha value is -2.31. The topological polar surface area (TPSA) is 107 Å². The molecular formula is C7H6N4O3. The maximum atomic E-state index is 11.4. The number of rotatable bonds is 2. The number of amides is 1. The number of carbonyl (C=O) groups excluding carboxylic acids is 1. The van der Waals surface area contributed by atoms with Crippen LogP contribution in [0.15, 0.2) is 27.4 Å². The smallest absolute Gasteiger partial charge is 0.279 e. The molecule has 72 valence electrons. The van der Waals surface area contributed by atoms with Gasteiger partial charge in [0.15, 0.2) is 11.5 Å². The fraction of sp³-hybridized carbons (Fsp3) is 0. The Morgan fingerprint density at radius 2 is 2.36 bits per heavy atom. The molecule has 0 bridgehead atoms. The van der Waals surface area contributed by atoms with Crippen LogP contribution >= 0.6 is 0 Å². The molecule has 2 rings (SSSR count). The Morgan fingerprint density at radius 3 is 2.93 bits per heavy atom. The van der Waals surface area contributed by atoms with Gasteiger partial charge in [0.25, 0.3) is 5.91 Å². The van der Waals surface area contributed by atoms with E-state index in [4.69, 9.17) is 5.73 Å². The highest BCUT2D eigenvalue weighted by atomic mass is 16.5. The highest BCUT2D eigenvalue weighted by Crippen LogP contribution is 2.08. The minimum absolute atomic E-state index is 0.0790. The third-order valence-electron chi connectivity index (χ3n) is 1.44. The van der Waals surface area contributed by atoms with Crippen LogP contribution in [0.2, 0.25) is 0 Å². The zero-order valence-corrected chi connectivity index (χ0v) is 6.93. The van der Waals surface area contributed by atoms with Crippen molar-refractivity contribution in [2.45, 2.75) is 0 Å². The van der Waals surface area contributed by atoms with E-state index in [1.165, 1.54) is 18.4 Å². The summed E-state index contributed by atoms with van der Waals surface area (Å²) in [4.78, 5) is 11.4. The number of hydrogen-bond donors (Lipinski definition) is 2. The first-order valence-electron chi connectivity index (χ1n) is 3.69. The van der Waals surface area contributed by atoms with E-state index in [9.17, 15) is 4.79 Å². The molecule has 2 aromatic heterocycles. The second-order valence-electron chi connectivity index (χ2n) is 2.45. The van der Waals surface area contributed by atoms with Crippen LogP contribution in [0.1, 0.15) is 10.5 Å². The lowest BCUT2D eigenvalue weighted by Gasteiger charge is -1.94. The molecule has 7 nitrogen and oxygen atoms in total. The first kappa shape index (κ1) is 8.30. The molecule has 0 saturated carbocycles. The number of carbonyl (C=O) groups is 1. The van der Waals surface area contributed by atoms with E-state index in [2.05, 4.69) is 24.7 Å². The van der Waals surface area contributed by atoms with Crippen LogP contribution in [0, 0.1) is 0 Å². The summed E-state index contributed by atoms with van der Waals surface area (Å²) in [7, 11) is 0. The van der Waals surface area contributed by atoms with Crippen LogP contribution in [-0.4, -0.2) is 16.2 Å². The molecule has 0 aliphatic rings. The van der Waals surface area contributed by atoms with Gasteiger partial charge in [-0.1, -0.05) is 10.3 Å². The van der Waals surface area contributed by atoms with E-state index >= 15 is 0 Å². The quantitative estimate of drug-likeness (QED) is 0.720. The van der Waals surface area contributed by atoms with Gasteiger partial charge in [-0.15, -0.1) is 0 Å². The van der Waals surface area contributed by atoms with Gasteiger partial charge in [-0.05, 0) is 0 Å². The van der Waals surface area contributed by atoms with Crippen molar-refractivity contribution in [2.24, 2.45) is 0 Å². The van der Waals surface area contributed by atoms with Crippen molar-refractivity contribution >= 4 is 17.6 Å². The van der Waals surface area contributed by atoms with Gasteiger partial charge in [0.05, 0.1) is 0 Å². The molecule has 14 heavy (non-hydrogen) atoms. The number of nitrogen functional groups attached to an aromatic ring is 1. The van der Waals surface area contributed by atoms with Gasteiger partial charge in [-0.3, -0.25) is 4.79 Å². The molecule has 0 aliphatic carbocycles. The van der Waals surface area contributed by atoms with E-state index in [1.807, 2.05) is 0 Å². The van der Waals surface area contributed by atoms with Crippen LogP contribution < -0.4 is 11.1 Å². The molecule has 0 radical (unpaired) electrons. The van der Waals surface area contributed by atoms with Crippen molar-refractivity contribution in [3.63, 3.8) is 0 Å². The molecule has 1 amide bonds. The van der Waals surface area contributed by atoms with E-state index in [0.717, 1.165) is 0 Å². The lowest BCUT2D eigenvalue weighted by molar-refractivity contribution is 0.101. The van der Waals surface area contributed by atoms with E-state index in [1.54, 1.807) is 0 Å². The normalized spacial score (nSPS) is 10.0. The van der Waals surface area contributed by atoms with Crippen LogP contribution in [0.3, 0.4) is 0 Å². The maximum Gasteiger partial charge on any atom is 0.279 e. The van der Waals surface area contributed by atoms with Crippen LogP contribution in [-0.2, 0) is 0 Å². The first-order valence-corrected chi connectivity index (χ1v) is 3.69. The Kier molecular flexibility index (Phi) is 1.90. The minimum Gasteiger partial charge on any atom is -0.368 e. The SMILES string of the molecule is Nc1cc(C(=O)Nc2ccon2)no1. The van der Waals surface area contributed by atoms with Crippen molar-refractivity contribution < 1.29 is 13.8 Å². The lowest BCUT2D eigenvalue weighted by atomic mass is 10.4. The predicted molar refractivity (Wildman–Crippen MR) is 45.4 cm³/mol. The molecule has 0 unspecified atom stereocenters. The van der Waals surface area contributed by atoms with Crippen molar-refractivity contribution in [3.05, 3.63) is 24.1 Å². The number of nitrogens with zero attached hydrogens (tertiary/aromatic N) is 2. The second-order valence-corrected chi connectivity index (χ2v) is 2.45. The molecule has 0 saturated heterocycles. The number of aromatic nitrogens is 2. The van der Waals surface area contributed by atoms with Crippen molar-refractivity contribution in [1.29, 1.82) is 0 Å². The third kappa shape index (κ3) is 1.56. The van der Waals surface area contributed by atoms with Gasteiger partial charge >= 0.3 is 0 Å². The second kappa shape index (κ2) is 3.21. The van der Waals surface area contributed by atoms with Crippen LogP contribution in [0.4, 0.5) is 11.7 Å². The summed E-state index contributed by atoms with van der Waals surface area (Å²) < 4.78 is 9.05. The fourth-order valence-electron chi connectivity index (χ4n) is 0.854. The Bertz CT molecular complexity index is 433. The van der Waals surface area contributed by atoms with Crippen molar-refractivity contribution in [2.75, 3.05) is 11.1 Å². The number of hydrogen-bond acceptors (Lipinski definition) is 6. The van der Waals surface area contributed by atoms with Gasteiger partial charge in [-0.2, -0.15) is 0 Å². The summed E-state index contributed by atoms with van der Waals surface area (Å²) >= 11 is 0. The summed E-state index contributed by atoms with van der Waals surface area (Å²) in [6, 6.07) is 2.82. The Labute approximate surface area is 77.8 Å². The maximum absolute atomic E-state index is 11.4. The highest BCUT2D eigenvalue weighted by Gasteiger charge is 2.12. The fourth-order valence-corrected chi connectivity index (χ4v) is 0.854. The number of nitrogens with two attached hydrogens (primary N) is 1. The average molecular weight is 194 g/mol. The molecule has 2 aromatic rings. The molecule has 0 fully saturated rings. The summed E-state index contributed by atoms with van der Waals surface area (Å²) in [5.74, 6) is -0.0776. The van der Waals surface area contributed by atoms with E-state index in [-0.39, 0.29) is 11.6 Å². The van der Waals surface area contributed by atoms with Crippen molar-refractivity contribution in [1.82, 2.24) is 10.3 Å². The number of anilines is 2. The summed E-state index contributed by atoms with van der Waals surface area (Å²) in [5, 5.41) is 9.35. The van der Waals surface area contributed by atoms with E-state index < -0.39 is 5.91 Å². The molecule has 0 aliphatic heterocycles. The lowest BCUT2D eigenvalue weighted by Crippen LogP contribution is -2.12. The summed E-state index contributed by atoms with van der Waals surface area (Å²) in [5.41, 5.74) is 5.33. The Morgan fingerprint density at radius 1 is 1.50 bits per heavy atom. The molecule has 2 heterocycles.